The Morgan fingerprint density at radius 2 is 1.65 bits per heavy atom. The second-order valence-corrected chi connectivity index (χ2v) is 5.67. The van der Waals surface area contributed by atoms with Gasteiger partial charge in [0.1, 0.15) is 0 Å². The van der Waals surface area contributed by atoms with E-state index in [9.17, 15) is 4.79 Å². The van der Waals surface area contributed by atoms with E-state index in [-0.39, 0.29) is 5.91 Å². The van der Waals surface area contributed by atoms with E-state index in [1.54, 1.807) is 4.90 Å². The molecule has 3 heteroatoms. The van der Waals surface area contributed by atoms with E-state index < -0.39 is 0 Å². The molecule has 0 spiro atoms. The second kappa shape index (κ2) is 6.71. The van der Waals surface area contributed by atoms with E-state index >= 15 is 0 Å². The SMILES string of the molecule is CCc1ccc(CN(C)C(=O)c2ccccc2Br)cc1. The van der Waals surface area contributed by atoms with Gasteiger partial charge in [-0.3, -0.25) is 4.79 Å². The van der Waals surface area contributed by atoms with Crippen LogP contribution in [0.5, 0.6) is 0 Å². The second-order valence-electron chi connectivity index (χ2n) is 4.81. The van der Waals surface area contributed by atoms with Gasteiger partial charge in [-0.05, 0) is 45.6 Å². The maximum atomic E-state index is 12.4. The predicted octanol–water partition coefficient (Wildman–Crippen LogP) is 4.28. The molecule has 0 saturated carbocycles. The van der Waals surface area contributed by atoms with Crippen molar-refractivity contribution < 1.29 is 4.79 Å². The number of nitrogens with zero attached hydrogens (tertiary/aromatic N) is 1. The van der Waals surface area contributed by atoms with Crippen molar-refractivity contribution in [1.82, 2.24) is 4.90 Å². The molecule has 0 unspecified atom stereocenters. The topological polar surface area (TPSA) is 20.3 Å². The Morgan fingerprint density at radius 3 is 2.25 bits per heavy atom. The summed E-state index contributed by atoms with van der Waals surface area (Å²) >= 11 is 3.42. The van der Waals surface area contributed by atoms with Crippen LogP contribution in [0, 0.1) is 0 Å². The molecule has 1 amide bonds. The Kier molecular flexibility index (Phi) is 4.96. The molecule has 2 nitrogen and oxygen atoms in total. The van der Waals surface area contributed by atoms with Crippen molar-refractivity contribution in [3.05, 3.63) is 69.7 Å². The van der Waals surface area contributed by atoms with Gasteiger partial charge in [-0.25, -0.2) is 0 Å². The summed E-state index contributed by atoms with van der Waals surface area (Å²) in [6.45, 7) is 2.75. The quantitative estimate of drug-likeness (QED) is 0.818. The van der Waals surface area contributed by atoms with Gasteiger partial charge in [0.15, 0.2) is 0 Å². The van der Waals surface area contributed by atoms with Crippen molar-refractivity contribution >= 4 is 21.8 Å². The first-order valence-electron chi connectivity index (χ1n) is 6.69. The summed E-state index contributed by atoms with van der Waals surface area (Å²) in [7, 11) is 1.83. The van der Waals surface area contributed by atoms with E-state index in [0.29, 0.717) is 12.1 Å². The minimum Gasteiger partial charge on any atom is -0.337 e. The van der Waals surface area contributed by atoms with Gasteiger partial charge < -0.3 is 4.90 Å². The predicted molar refractivity (Wildman–Crippen MR) is 85.8 cm³/mol. The third-order valence-corrected chi connectivity index (χ3v) is 3.99. The summed E-state index contributed by atoms with van der Waals surface area (Å²) in [6.07, 6.45) is 1.03. The molecule has 2 aromatic rings. The zero-order chi connectivity index (χ0) is 14.5. The lowest BCUT2D eigenvalue weighted by molar-refractivity contribution is 0.0784. The number of benzene rings is 2. The van der Waals surface area contributed by atoms with E-state index in [0.717, 1.165) is 16.5 Å². The van der Waals surface area contributed by atoms with Crippen molar-refractivity contribution in [1.29, 1.82) is 0 Å². The van der Waals surface area contributed by atoms with Crippen LogP contribution >= 0.6 is 15.9 Å². The van der Waals surface area contributed by atoms with Crippen LogP contribution < -0.4 is 0 Å². The first-order chi connectivity index (χ1) is 9.61. The van der Waals surface area contributed by atoms with Crippen LogP contribution in [0.4, 0.5) is 0 Å². The van der Waals surface area contributed by atoms with Crippen molar-refractivity contribution in [2.24, 2.45) is 0 Å². The smallest absolute Gasteiger partial charge is 0.255 e. The highest BCUT2D eigenvalue weighted by Gasteiger charge is 2.14. The monoisotopic (exact) mass is 331 g/mol. The summed E-state index contributed by atoms with van der Waals surface area (Å²) in [6, 6.07) is 15.9. The molecule has 0 bridgehead atoms. The minimum atomic E-state index is 0.0250. The molecule has 0 radical (unpaired) electrons. The number of amides is 1. The first-order valence-corrected chi connectivity index (χ1v) is 7.49. The Labute approximate surface area is 128 Å². The normalized spacial score (nSPS) is 10.3. The molecule has 2 rings (SSSR count). The molecule has 0 heterocycles. The molecule has 0 aromatic heterocycles. The van der Waals surface area contributed by atoms with Crippen molar-refractivity contribution in [3.8, 4) is 0 Å². The molecule has 0 fully saturated rings. The van der Waals surface area contributed by atoms with Crippen LogP contribution in [0.15, 0.2) is 53.0 Å². The Balaban J connectivity index is 2.09. The number of carbonyl (C=O) groups is 1. The fraction of sp³-hybridized carbons (Fsp3) is 0.235. The Morgan fingerprint density at radius 1 is 1.05 bits per heavy atom. The Bertz CT molecular complexity index is 592. The van der Waals surface area contributed by atoms with Gasteiger partial charge >= 0.3 is 0 Å². The molecule has 0 aliphatic carbocycles. The molecule has 0 aliphatic rings. The third-order valence-electron chi connectivity index (χ3n) is 3.30. The highest BCUT2D eigenvalue weighted by Crippen LogP contribution is 2.18. The lowest BCUT2D eigenvalue weighted by Gasteiger charge is -2.18. The van der Waals surface area contributed by atoms with E-state index in [2.05, 4.69) is 47.1 Å². The van der Waals surface area contributed by atoms with Crippen LogP contribution in [-0.2, 0) is 13.0 Å². The molecule has 0 atom stereocenters. The largest absolute Gasteiger partial charge is 0.337 e. The number of carbonyl (C=O) groups excluding carboxylic acids is 1. The Hall–Kier alpha value is -1.61. The van der Waals surface area contributed by atoms with Crippen LogP contribution in [0.25, 0.3) is 0 Å². The van der Waals surface area contributed by atoms with Gasteiger partial charge in [0.2, 0.25) is 0 Å². The maximum absolute atomic E-state index is 12.4. The van der Waals surface area contributed by atoms with Crippen LogP contribution in [0.3, 0.4) is 0 Å². The summed E-state index contributed by atoms with van der Waals surface area (Å²) in [5.41, 5.74) is 3.15. The molecule has 2 aromatic carbocycles. The van der Waals surface area contributed by atoms with Crippen molar-refractivity contribution in [2.75, 3.05) is 7.05 Å². The summed E-state index contributed by atoms with van der Waals surface area (Å²) in [4.78, 5) is 14.1. The van der Waals surface area contributed by atoms with Crippen molar-refractivity contribution in [3.63, 3.8) is 0 Å². The zero-order valence-electron chi connectivity index (χ0n) is 11.8. The number of hydrogen-bond acceptors (Lipinski definition) is 1. The third kappa shape index (κ3) is 3.48. The van der Waals surface area contributed by atoms with Crippen LogP contribution in [0.2, 0.25) is 0 Å². The van der Waals surface area contributed by atoms with E-state index in [1.807, 2.05) is 31.3 Å². The number of aryl methyl sites for hydroxylation is 1. The summed E-state index contributed by atoms with van der Waals surface area (Å²) in [5.74, 6) is 0.0250. The number of halogens is 1. The van der Waals surface area contributed by atoms with E-state index in [1.165, 1.54) is 5.56 Å². The van der Waals surface area contributed by atoms with Gasteiger partial charge in [0, 0.05) is 18.1 Å². The number of hydrogen-bond donors (Lipinski definition) is 0. The fourth-order valence-electron chi connectivity index (χ4n) is 2.07. The fourth-order valence-corrected chi connectivity index (χ4v) is 2.52. The first kappa shape index (κ1) is 14.8. The minimum absolute atomic E-state index is 0.0250. The van der Waals surface area contributed by atoms with E-state index in [4.69, 9.17) is 0 Å². The van der Waals surface area contributed by atoms with Gasteiger partial charge in [0.05, 0.1) is 5.56 Å². The van der Waals surface area contributed by atoms with Crippen LogP contribution in [0.1, 0.15) is 28.4 Å². The zero-order valence-corrected chi connectivity index (χ0v) is 13.4. The molecule has 0 aliphatic heterocycles. The van der Waals surface area contributed by atoms with Gasteiger partial charge in [0.25, 0.3) is 5.91 Å². The average molecular weight is 332 g/mol. The van der Waals surface area contributed by atoms with Crippen molar-refractivity contribution in [2.45, 2.75) is 19.9 Å². The highest BCUT2D eigenvalue weighted by atomic mass is 79.9. The summed E-state index contributed by atoms with van der Waals surface area (Å²) in [5, 5.41) is 0. The lowest BCUT2D eigenvalue weighted by Crippen LogP contribution is -2.26. The number of rotatable bonds is 4. The molecular formula is C17H18BrNO. The maximum Gasteiger partial charge on any atom is 0.255 e. The van der Waals surface area contributed by atoms with Gasteiger partial charge in [-0.2, -0.15) is 0 Å². The molecule has 104 valence electrons. The standard InChI is InChI=1S/C17H18BrNO/c1-3-13-8-10-14(11-9-13)12-19(2)17(20)15-6-4-5-7-16(15)18/h4-11H,3,12H2,1-2H3. The average Bonchev–Trinajstić information content (AvgIpc) is 2.48. The molecule has 0 N–H and O–H groups in total. The van der Waals surface area contributed by atoms with Crippen LogP contribution in [-0.4, -0.2) is 17.9 Å². The molecular weight excluding hydrogens is 314 g/mol. The van der Waals surface area contributed by atoms with Gasteiger partial charge in [-0.15, -0.1) is 0 Å². The molecule has 0 saturated heterocycles. The van der Waals surface area contributed by atoms with Gasteiger partial charge in [-0.1, -0.05) is 43.3 Å². The molecule has 20 heavy (non-hydrogen) atoms. The summed E-state index contributed by atoms with van der Waals surface area (Å²) < 4.78 is 0.832. The lowest BCUT2D eigenvalue weighted by atomic mass is 10.1. The highest BCUT2D eigenvalue weighted by molar-refractivity contribution is 9.10.